The third-order valence-electron chi connectivity index (χ3n) is 3.44. The number of nitrogen functional groups attached to an aromatic ring is 1. The number of nitrogens with two attached hydrogens (primary N) is 1. The number of fused-ring (bicyclic) bond motifs is 1. The van der Waals surface area contributed by atoms with Crippen LogP contribution in [0.1, 0.15) is 12.6 Å². The van der Waals surface area contributed by atoms with E-state index in [2.05, 4.69) is 20.9 Å². The number of aliphatic hydroxyl groups excluding tert-OH is 1. The highest BCUT2D eigenvalue weighted by Crippen LogP contribution is 2.32. The van der Waals surface area contributed by atoms with Gasteiger partial charge >= 0.3 is 0 Å². The quantitative estimate of drug-likeness (QED) is 0.744. The van der Waals surface area contributed by atoms with E-state index < -0.39 is 6.10 Å². The fourth-order valence-electron chi connectivity index (χ4n) is 2.45. The highest BCUT2D eigenvalue weighted by Gasteiger charge is 2.37. The molecule has 2 aromatic rings. The summed E-state index contributed by atoms with van der Waals surface area (Å²) < 4.78 is 13.1. The second kappa shape index (κ2) is 5.65. The summed E-state index contributed by atoms with van der Waals surface area (Å²) in [5.74, 6) is 2.73. The lowest BCUT2D eigenvalue weighted by Gasteiger charge is -2.14. The van der Waals surface area contributed by atoms with Crippen molar-refractivity contribution in [2.24, 2.45) is 0 Å². The molecule has 8 nitrogen and oxygen atoms in total. The number of terminal acetylenes is 1. The molecular formula is C13H15N5O3. The molecule has 0 unspecified atom stereocenters. The van der Waals surface area contributed by atoms with Gasteiger partial charge in [0.1, 0.15) is 30.8 Å². The van der Waals surface area contributed by atoms with Crippen LogP contribution in [0.25, 0.3) is 11.2 Å². The Morgan fingerprint density at radius 3 is 3.14 bits per heavy atom. The molecule has 8 heteroatoms. The van der Waals surface area contributed by atoms with Gasteiger partial charge in [0.15, 0.2) is 11.5 Å². The van der Waals surface area contributed by atoms with E-state index in [4.69, 9.17) is 21.6 Å². The van der Waals surface area contributed by atoms with Gasteiger partial charge in [-0.05, 0) is 0 Å². The van der Waals surface area contributed by atoms with Crippen molar-refractivity contribution >= 4 is 17.0 Å². The van der Waals surface area contributed by atoms with Crippen LogP contribution in [0.2, 0.25) is 0 Å². The molecule has 110 valence electrons. The molecule has 3 heterocycles. The number of hydrogen-bond acceptors (Lipinski definition) is 7. The van der Waals surface area contributed by atoms with E-state index in [-0.39, 0.29) is 25.5 Å². The third kappa shape index (κ3) is 2.42. The molecule has 0 aliphatic carbocycles. The van der Waals surface area contributed by atoms with Gasteiger partial charge in [0.25, 0.3) is 0 Å². The van der Waals surface area contributed by atoms with E-state index in [1.165, 1.54) is 6.33 Å². The van der Waals surface area contributed by atoms with Gasteiger partial charge in [-0.1, -0.05) is 5.92 Å². The van der Waals surface area contributed by atoms with E-state index in [9.17, 15) is 5.11 Å². The number of ether oxygens (including phenoxy) is 2. The Labute approximate surface area is 120 Å². The number of hydrogen-bond donors (Lipinski definition) is 2. The van der Waals surface area contributed by atoms with Gasteiger partial charge in [-0.25, -0.2) is 15.0 Å². The molecule has 3 rings (SSSR count). The molecule has 0 saturated carbocycles. The second-order valence-electron chi connectivity index (χ2n) is 4.68. The molecular weight excluding hydrogens is 274 g/mol. The number of rotatable bonds is 4. The summed E-state index contributed by atoms with van der Waals surface area (Å²) in [6, 6.07) is 0. The van der Waals surface area contributed by atoms with Gasteiger partial charge in [-0.15, -0.1) is 6.42 Å². The molecule has 1 fully saturated rings. The summed E-state index contributed by atoms with van der Waals surface area (Å²) in [5.41, 5.74) is 6.87. The van der Waals surface area contributed by atoms with E-state index in [0.717, 1.165) is 0 Å². The standard InChI is InChI=1S/C13H15N5O3/c1-2-3-20-8-4-10(21-9(8)5-19)18-7-17-11-12(14)15-6-16-13(11)18/h1,6-10,19H,3-5H2,(H2,14,15,16)/t8-,9-,10-/m1/s1. The first-order valence-corrected chi connectivity index (χ1v) is 6.49. The van der Waals surface area contributed by atoms with Gasteiger partial charge < -0.3 is 20.3 Å². The average molecular weight is 289 g/mol. The summed E-state index contributed by atoms with van der Waals surface area (Å²) in [7, 11) is 0. The third-order valence-corrected chi connectivity index (χ3v) is 3.44. The first-order valence-electron chi connectivity index (χ1n) is 6.49. The highest BCUT2D eigenvalue weighted by molar-refractivity contribution is 5.81. The van der Waals surface area contributed by atoms with Crippen LogP contribution in [0.4, 0.5) is 5.82 Å². The van der Waals surface area contributed by atoms with Crippen LogP contribution >= 0.6 is 0 Å². The lowest BCUT2D eigenvalue weighted by atomic mass is 10.2. The number of anilines is 1. The molecule has 3 N–H and O–H groups in total. The molecule has 0 bridgehead atoms. The normalized spacial score (nSPS) is 25.2. The summed E-state index contributed by atoms with van der Waals surface area (Å²) in [6.45, 7) is 0.0343. The molecule has 2 aromatic heterocycles. The van der Waals surface area contributed by atoms with E-state index >= 15 is 0 Å². The maximum atomic E-state index is 9.38. The average Bonchev–Trinajstić information content (AvgIpc) is 3.09. The van der Waals surface area contributed by atoms with Crippen molar-refractivity contribution in [1.29, 1.82) is 0 Å². The lowest BCUT2D eigenvalue weighted by molar-refractivity contribution is -0.0555. The van der Waals surface area contributed by atoms with E-state index in [1.807, 2.05) is 0 Å². The minimum atomic E-state index is -0.431. The van der Waals surface area contributed by atoms with Gasteiger partial charge in [0.05, 0.1) is 19.0 Å². The zero-order chi connectivity index (χ0) is 14.8. The van der Waals surface area contributed by atoms with Crippen molar-refractivity contribution in [2.45, 2.75) is 24.9 Å². The van der Waals surface area contributed by atoms with E-state index in [0.29, 0.717) is 23.4 Å². The predicted octanol–water partition coefficient (Wildman–Crippen LogP) is -0.293. The molecule has 3 atom stereocenters. The minimum Gasteiger partial charge on any atom is -0.394 e. The lowest BCUT2D eigenvalue weighted by Crippen LogP contribution is -2.27. The fourth-order valence-corrected chi connectivity index (χ4v) is 2.45. The summed E-state index contributed by atoms with van der Waals surface area (Å²) in [6.07, 6.45) is 7.66. The SMILES string of the molecule is C#CCO[C@@H]1C[C@H](n2cnc3c(N)ncnc32)O[C@@H]1CO. The van der Waals surface area contributed by atoms with Crippen molar-refractivity contribution in [3.05, 3.63) is 12.7 Å². The maximum Gasteiger partial charge on any atom is 0.167 e. The number of aliphatic hydroxyl groups is 1. The Balaban J connectivity index is 1.87. The van der Waals surface area contributed by atoms with Gasteiger partial charge in [0.2, 0.25) is 0 Å². The van der Waals surface area contributed by atoms with Crippen LogP contribution in [0, 0.1) is 12.3 Å². The first-order chi connectivity index (χ1) is 10.2. The Kier molecular flexibility index (Phi) is 3.70. The Morgan fingerprint density at radius 1 is 1.52 bits per heavy atom. The number of imidazole rings is 1. The molecule has 1 aliphatic heterocycles. The monoisotopic (exact) mass is 289 g/mol. The Bertz CT molecular complexity index is 680. The van der Waals surface area contributed by atoms with Crippen LogP contribution in [0.15, 0.2) is 12.7 Å². The molecule has 0 amide bonds. The van der Waals surface area contributed by atoms with Gasteiger partial charge in [-0.3, -0.25) is 4.57 Å². The maximum absolute atomic E-state index is 9.38. The number of nitrogens with zero attached hydrogens (tertiary/aromatic N) is 4. The molecule has 0 spiro atoms. The second-order valence-corrected chi connectivity index (χ2v) is 4.68. The Hall–Kier alpha value is -2.21. The summed E-state index contributed by atoms with van der Waals surface area (Å²) in [5, 5.41) is 9.38. The summed E-state index contributed by atoms with van der Waals surface area (Å²) >= 11 is 0. The van der Waals surface area contributed by atoms with Crippen molar-refractivity contribution in [2.75, 3.05) is 18.9 Å². The van der Waals surface area contributed by atoms with Crippen LogP contribution in [-0.4, -0.2) is 50.0 Å². The fraction of sp³-hybridized carbons (Fsp3) is 0.462. The zero-order valence-corrected chi connectivity index (χ0v) is 11.2. The van der Waals surface area contributed by atoms with Gasteiger partial charge in [-0.2, -0.15) is 0 Å². The highest BCUT2D eigenvalue weighted by atomic mass is 16.6. The van der Waals surface area contributed by atoms with Crippen LogP contribution in [-0.2, 0) is 9.47 Å². The zero-order valence-electron chi connectivity index (χ0n) is 11.2. The minimum absolute atomic E-state index is 0.143. The number of aromatic nitrogens is 4. The first kappa shape index (κ1) is 13.8. The largest absolute Gasteiger partial charge is 0.394 e. The van der Waals surface area contributed by atoms with Crippen molar-refractivity contribution in [3.8, 4) is 12.3 Å². The van der Waals surface area contributed by atoms with Gasteiger partial charge in [0, 0.05) is 6.42 Å². The van der Waals surface area contributed by atoms with Crippen LogP contribution in [0.3, 0.4) is 0 Å². The Morgan fingerprint density at radius 2 is 2.38 bits per heavy atom. The molecule has 1 saturated heterocycles. The molecule has 1 aliphatic rings. The van der Waals surface area contributed by atoms with Crippen molar-refractivity contribution < 1.29 is 14.6 Å². The van der Waals surface area contributed by atoms with Crippen molar-refractivity contribution in [1.82, 2.24) is 19.5 Å². The predicted molar refractivity (Wildman–Crippen MR) is 73.9 cm³/mol. The topological polar surface area (TPSA) is 108 Å². The van der Waals surface area contributed by atoms with Crippen LogP contribution < -0.4 is 5.73 Å². The van der Waals surface area contributed by atoms with E-state index in [1.54, 1.807) is 10.9 Å². The molecule has 0 aromatic carbocycles. The smallest absolute Gasteiger partial charge is 0.167 e. The van der Waals surface area contributed by atoms with Crippen LogP contribution in [0.5, 0.6) is 0 Å². The van der Waals surface area contributed by atoms with Crippen molar-refractivity contribution in [3.63, 3.8) is 0 Å². The molecule has 0 radical (unpaired) electrons. The molecule has 21 heavy (non-hydrogen) atoms. The summed E-state index contributed by atoms with van der Waals surface area (Å²) in [4.78, 5) is 12.3.